The molecule has 1 amide bonds. The number of esters is 1. The van der Waals surface area contributed by atoms with Crippen LogP contribution >= 0.6 is 28.7 Å². The summed E-state index contributed by atoms with van der Waals surface area (Å²) >= 11 is 1.29. The molecule has 0 atom stereocenters. The summed E-state index contributed by atoms with van der Waals surface area (Å²) in [5.41, 5.74) is 0.365. The minimum absolute atomic E-state index is 0. The standard InChI is InChI=1S/C10H14N2O3S.BrH/c1-4-15-10(14)7-6-16-8(11-7)5-9(13)12(2)3;/h5-6,11H,4H2,1-3H3;1H. The van der Waals surface area contributed by atoms with Crippen LogP contribution in [0.3, 0.4) is 0 Å². The van der Waals surface area contributed by atoms with Crippen LogP contribution in [-0.4, -0.2) is 37.5 Å². The third-order valence-electron chi connectivity index (χ3n) is 1.75. The topological polar surface area (TPSA) is 58.6 Å². The highest BCUT2D eigenvalue weighted by Gasteiger charge is 2.18. The lowest BCUT2D eigenvalue weighted by molar-refractivity contribution is -0.138. The number of ether oxygens (including phenoxy) is 1. The van der Waals surface area contributed by atoms with Crippen molar-refractivity contribution in [2.45, 2.75) is 6.92 Å². The monoisotopic (exact) mass is 322 g/mol. The van der Waals surface area contributed by atoms with Gasteiger partial charge in [0.25, 0.3) is 0 Å². The summed E-state index contributed by atoms with van der Waals surface area (Å²) in [7, 11) is 3.33. The van der Waals surface area contributed by atoms with E-state index in [9.17, 15) is 9.59 Å². The number of carbonyl (C=O) groups excluding carboxylic acids is 2. The summed E-state index contributed by atoms with van der Waals surface area (Å²) in [6, 6.07) is 0. The highest BCUT2D eigenvalue weighted by molar-refractivity contribution is 8.93. The summed E-state index contributed by atoms with van der Waals surface area (Å²) in [5.74, 6) is -0.538. The molecular formula is C10H15BrN2O3S. The van der Waals surface area contributed by atoms with Gasteiger partial charge in [0.2, 0.25) is 5.91 Å². The number of halogens is 1. The molecule has 1 rings (SSSR count). The van der Waals surface area contributed by atoms with Gasteiger partial charge in [0.15, 0.2) is 0 Å². The molecule has 0 bridgehead atoms. The Bertz CT molecular complexity index is 367. The second-order valence-electron chi connectivity index (χ2n) is 3.24. The summed E-state index contributed by atoms with van der Waals surface area (Å²) in [6.07, 6.45) is 1.44. The smallest absolute Gasteiger partial charge is 0.355 e. The predicted molar refractivity (Wildman–Crippen MR) is 72.5 cm³/mol. The zero-order chi connectivity index (χ0) is 12.1. The molecule has 7 heteroatoms. The molecule has 1 aliphatic rings. The minimum Gasteiger partial charge on any atom is -0.461 e. The maximum atomic E-state index is 11.4. The largest absolute Gasteiger partial charge is 0.461 e. The molecule has 17 heavy (non-hydrogen) atoms. The number of amides is 1. The van der Waals surface area contributed by atoms with Crippen LogP contribution in [0.25, 0.3) is 0 Å². The second-order valence-corrected chi connectivity index (χ2v) is 4.15. The Balaban J connectivity index is 0.00000256. The van der Waals surface area contributed by atoms with Gasteiger partial charge < -0.3 is 15.0 Å². The molecule has 0 saturated heterocycles. The molecule has 0 aromatic heterocycles. The minimum atomic E-state index is -0.407. The second kappa shape index (κ2) is 7.39. The van der Waals surface area contributed by atoms with Gasteiger partial charge in [-0.1, -0.05) is 11.8 Å². The lowest BCUT2D eigenvalue weighted by Gasteiger charge is -2.07. The van der Waals surface area contributed by atoms with Crippen molar-refractivity contribution in [3.8, 4) is 0 Å². The molecule has 96 valence electrons. The number of thioether (sulfide) groups is 1. The van der Waals surface area contributed by atoms with Gasteiger partial charge in [0.1, 0.15) is 5.70 Å². The molecule has 0 radical (unpaired) electrons. The summed E-state index contributed by atoms with van der Waals surface area (Å²) in [4.78, 5) is 24.1. The van der Waals surface area contributed by atoms with Gasteiger partial charge in [0, 0.05) is 25.6 Å². The van der Waals surface area contributed by atoms with Crippen molar-refractivity contribution < 1.29 is 14.3 Å². The van der Waals surface area contributed by atoms with E-state index in [1.165, 1.54) is 22.7 Å². The van der Waals surface area contributed by atoms with Crippen LogP contribution < -0.4 is 5.32 Å². The van der Waals surface area contributed by atoms with Crippen molar-refractivity contribution in [3.05, 3.63) is 22.2 Å². The van der Waals surface area contributed by atoms with E-state index in [1.54, 1.807) is 26.4 Å². The SMILES string of the molecule is Br.CCOC(=O)C1=CSC(=CC(=O)N(C)C)N1. The molecule has 0 fully saturated rings. The van der Waals surface area contributed by atoms with E-state index in [4.69, 9.17) is 4.74 Å². The number of likely N-dealkylation sites (N-methyl/N-ethyl adjacent to an activating group) is 1. The zero-order valence-electron chi connectivity index (χ0n) is 9.85. The quantitative estimate of drug-likeness (QED) is 0.625. The first kappa shape index (κ1) is 16.1. The van der Waals surface area contributed by atoms with E-state index < -0.39 is 5.97 Å². The molecule has 0 aromatic rings. The van der Waals surface area contributed by atoms with Crippen molar-refractivity contribution in [2.24, 2.45) is 0 Å². The fourth-order valence-electron chi connectivity index (χ4n) is 0.933. The average molecular weight is 323 g/mol. The van der Waals surface area contributed by atoms with Crippen molar-refractivity contribution >= 4 is 40.6 Å². The maximum absolute atomic E-state index is 11.4. The predicted octanol–water partition coefficient (Wildman–Crippen LogP) is 1.23. The Morgan fingerprint density at radius 1 is 1.53 bits per heavy atom. The first-order valence-corrected chi connectivity index (χ1v) is 5.66. The number of rotatable bonds is 3. The summed E-state index contributed by atoms with van der Waals surface area (Å²) in [5, 5.41) is 5.08. The molecule has 0 aromatic carbocycles. The summed E-state index contributed by atoms with van der Waals surface area (Å²) < 4.78 is 4.82. The van der Waals surface area contributed by atoms with Gasteiger partial charge in [-0.15, -0.1) is 17.0 Å². The highest BCUT2D eigenvalue weighted by atomic mass is 79.9. The van der Waals surface area contributed by atoms with Crippen molar-refractivity contribution in [2.75, 3.05) is 20.7 Å². The molecule has 0 unspecified atom stereocenters. The van der Waals surface area contributed by atoms with E-state index in [0.717, 1.165) is 0 Å². The molecule has 0 aliphatic carbocycles. The van der Waals surface area contributed by atoms with Crippen molar-refractivity contribution in [3.63, 3.8) is 0 Å². The van der Waals surface area contributed by atoms with Crippen LogP contribution in [0.15, 0.2) is 22.2 Å². The van der Waals surface area contributed by atoms with Gasteiger partial charge in [0.05, 0.1) is 11.6 Å². The van der Waals surface area contributed by atoms with E-state index in [0.29, 0.717) is 17.3 Å². The van der Waals surface area contributed by atoms with Crippen LogP contribution in [-0.2, 0) is 14.3 Å². The van der Waals surface area contributed by atoms with Gasteiger partial charge in [-0.3, -0.25) is 4.79 Å². The van der Waals surface area contributed by atoms with Gasteiger partial charge in [-0.25, -0.2) is 4.79 Å². The molecule has 0 spiro atoms. The molecule has 0 saturated carbocycles. The normalized spacial score (nSPS) is 15.7. The number of hydrogen-bond acceptors (Lipinski definition) is 5. The third kappa shape index (κ3) is 4.82. The van der Waals surface area contributed by atoms with Gasteiger partial charge in [-0.05, 0) is 6.92 Å². The lowest BCUT2D eigenvalue weighted by Crippen LogP contribution is -2.22. The maximum Gasteiger partial charge on any atom is 0.355 e. The molecule has 1 N–H and O–H groups in total. The molecule has 1 aliphatic heterocycles. The molecule has 5 nitrogen and oxygen atoms in total. The first-order chi connectivity index (χ1) is 7.54. The van der Waals surface area contributed by atoms with E-state index in [-0.39, 0.29) is 22.9 Å². The van der Waals surface area contributed by atoms with Gasteiger partial charge in [-0.2, -0.15) is 0 Å². The Morgan fingerprint density at radius 2 is 2.18 bits per heavy atom. The van der Waals surface area contributed by atoms with Crippen molar-refractivity contribution in [1.29, 1.82) is 0 Å². The molecular weight excluding hydrogens is 308 g/mol. The average Bonchev–Trinajstić information content (AvgIpc) is 2.66. The number of nitrogens with one attached hydrogen (secondary N) is 1. The Kier molecular flexibility index (Phi) is 6.98. The fourth-order valence-corrected chi connectivity index (χ4v) is 1.67. The molecule has 1 heterocycles. The number of nitrogens with zero attached hydrogens (tertiary/aromatic N) is 1. The van der Waals surface area contributed by atoms with Gasteiger partial charge >= 0.3 is 5.97 Å². The zero-order valence-corrected chi connectivity index (χ0v) is 12.4. The third-order valence-corrected chi connectivity index (χ3v) is 2.58. The fraction of sp³-hybridized carbons (Fsp3) is 0.400. The van der Waals surface area contributed by atoms with Crippen LogP contribution in [0, 0.1) is 0 Å². The Hall–Kier alpha value is -0.950. The highest BCUT2D eigenvalue weighted by Crippen LogP contribution is 2.24. The van der Waals surface area contributed by atoms with E-state index in [2.05, 4.69) is 5.32 Å². The van der Waals surface area contributed by atoms with E-state index in [1.807, 2.05) is 0 Å². The van der Waals surface area contributed by atoms with Crippen molar-refractivity contribution in [1.82, 2.24) is 10.2 Å². The Labute approximate surface area is 115 Å². The first-order valence-electron chi connectivity index (χ1n) is 4.78. The lowest BCUT2D eigenvalue weighted by atomic mass is 10.4. The van der Waals surface area contributed by atoms with E-state index >= 15 is 0 Å². The number of hydrogen-bond donors (Lipinski definition) is 1. The van der Waals surface area contributed by atoms with Crippen LogP contribution in [0.5, 0.6) is 0 Å². The number of carbonyl (C=O) groups is 2. The summed E-state index contributed by atoms with van der Waals surface area (Å²) in [6.45, 7) is 2.07. The van der Waals surface area contributed by atoms with Crippen LogP contribution in [0.2, 0.25) is 0 Å². The van der Waals surface area contributed by atoms with Crippen LogP contribution in [0.1, 0.15) is 6.92 Å². The Morgan fingerprint density at radius 3 is 2.71 bits per heavy atom. The van der Waals surface area contributed by atoms with Crippen LogP contribution in [0.4, 0.5) is 0 Å².